The van der Waals surface area contributed by atoms with Crippen molar-refractivity contribution in [3.05, 3.63) is 35.9 Å². The first-order valence-electron chi connectivity index (χ1n) is 4.47. The first-order chi connectivity index (χ1) is 6.36. The Bertz CT molecular complexity index is 363. The summed E-state index contributed by atoms with van der Waals surface area (Å²) in [5, 5.41) is 0. The topological polar surface area (TPSA) is 17.1 Å². The monoisotopic (exact) mass is 170 g/mol. The normalized spacial score (nSPS) is 14.5. The van der Waals surface area contributed by atoms with Crippen LogP contribution < -0.4 is 0 Å². The van der Waals surface area contributed by atoms with Crippen LogP contribution in [0.4, 0.5) is 0 Å². The summed E-state index contributed by atoms with van der Waals surface area (Å²) in [5.41, 5.74) is 0.690. The van der Waals surface area contributed by atoms with Crippen molar-refractivity contribution in [1.29, 1.82) is 0 Å². The van der Waals surface area contributed by atoms with Crippen LogP contribution in [-0.2, 0) is 0 Å². The number of benzene rings is 1. The lowest BCUT2D eigenvalue weighted by Gasteiger charge is -1.89. The van der Waals surface area contributed by atoms with Crippen molar-refractivity contribution in [3.63, 3.8) is 0 Å². The highest BCUT2D eigenvalue weighted by Crippen LogP contribution is 2.27. The fourth-order valence-corrected chi connectivity index (χ4v) is 1.06. The Hall–Kier alpha value is -1.55. The minimum Gasteiger partial charge on any atom is -0.279 e. The van der Waals surface area contributed by atoms with Crippen LogP contribution in [0.15, 0.2) is 30.3 Å². The maximum atomic E-state index is 11.4. The molecule has 0 saturated heterocycles. The molecule has 64 valence electrons. The summed E-state index contributed by atoms with van der Waals surface area (Å²) >= 11 is 0. The molecule has 0 N–H and O–H groups in total. The fraction of sp³-hybridized carbons (Fsp3) is 0.250. The Kier molecular flexibility index (Phi) is 2.14. The second kappa shape index (κ2) is 3.45. The molecular formula is C12H10O. The summed E-state index contributed by atoms with van der Waals surface area (Å²) in [6.07, 6.45) is 2.32. The van der Waals surface area contributed by atoms with Crippen LogP contribution in [0.2, 0.25) is 0 Å². The number of carbonyl (C=O) groups is 1. The summed E-state index contributed by atoms with van der Waals surface area (Å²) in [4.78, 5) is 11.4. The summed E-state index contributed by atoms with van der Waals surface area (Å²) in [7, 11) is 0. The first-order valence-corrected chi connectivity index (χ1v) is 4.47. The Morgan fingerprint density at radius 3 is 2.54 bits per heavy atom. The molecule has 1 saturated carbocycles. The minimum atomic E-state index is -0.0625. The number of hydrogen-bond acceptors (Lipinski definition) is 1. The molecule has 0 heterocycles. The van der Waals surface area contributed by atoms with Gasteiger partial charge in [-0.3, -0.25) is 4.79 Å². The van der Waals surface area contributed by atoms with Crippen LogP contribution in [0.25, 0.3) is 0 Å². The molecule has 1 aromatic rings. The smallest absolute Gasteiger partial charge is 0.235 e. The molecule has 1 aliphatic carbocycles. The maximum Gasteiger partial charge on any atom is 0.235 e. The van der Waals surface area contributed by atoms with Gasteiger partial charge in [0.2, 0.25) is 5.78 Å². The van der Waals surface area contributed by atoms with Gasteiger partial charge in [0.15, 0.2) is 0 Å². The molecule has 0 radical (unpaired) electrons. The van der Waals surface area contributed by atoms with Gasteiger partial charge in [-0.25, -0.2) is 0 Å². The van der Waals surface area contributed by atoms with Crippen LogP contribution in [-0.4, -0.2) is 5.78 Å². The predicted molar refractivity (Wildman–Crippen MR) is 51.3 cm³/mol. The zero-order valence-corrected chi connectivity index (χ0v) is 7.29. The third kappa shape index (κ3) is 2.19. The van der Waals surface area contributed by atoms with E-state index in [1.165, 1.54) is 0 Å². The Balaban J connectivity index is 2.10. The second-order valence-electron chi connectivity index (χ2n) is 3.24. The van der Waals surface area contributed by atoms with Crippen molar-refractivity contribution in [3.8, 4) is 11.8 Å². The van der Waals surface area contributed by atoms with Gasteiger partial charge in [-0.15, -0.1) is 0 Å². The Morgan fingerprint density at radius 2 is 1.92 bits per heavy atom. The summed E-state index contributed by atoms with van der Waals surface area (Å²) in [6.45, 7) is 0. The van der Waals surface area contributed by atoms with E-state index in [2.05, 4.69) is 11.8 Å². The van der Waals surface area contributed by atoms with Gasteiger partial charge in [-0.05, 0) is 18.8 Å². The van der Waals surface area contributed by atoms with E-state index in [9.17, 15) is 4.79 Å². The summed E-state index contributed by atoms with van der Waals surface area (Å²) in [6, 6.07) is 9.19. The molecule has 0 spiro atoms. The van der Waals surface area contributed by atoms with Crippen LogP contribution in [0.5, 0.6) is 0 Å². The van der Waals surface area contributed by atoms with E-state index in [0.29, 0.717) is 11.5 Å². The van der Waals surface area contributed by atoms with Gasteiger partial charge in [-0.1, -0.05) is 36.3 Å². The molecular weight excluding hydrogens is 160 g/mol. The molecule has 0 aromatic heterocycles. The zero-order valence-electron chi connectivity index (χ0n) is 7.29. The lowest BCUT2D eigenvalue weighted by atomic mass is 10.1. The maximum absolute atomic E-state index is 11.4. The van der Waals surface area contributed by atoms with Gasteiger partial charge in [0.1, 0.15) is 0 Å². The van der Waals surface area contributed by atoms with Crippen molar-refractivity contribution < 1.29 is 4.79 Å². The lowest BCUT2D eigenvalue weighted by Crippen LogP contribution is -1.93. The highest BCUT2D eigenvalue weighted by atomic mass is 16.1. The van der Waals surface area contributed by atoms with Crippen molar-refractivity contribution in [2.24, 2.45) is 5.92 Å². The van der Waals surface area contributed by atoms with Gasteiger partial charge in [0, 0.05) is 11.5 Å². The van der Waals surface area contributed by atoms with E-state index in [1.54, 1.807) is 12.1 Å². The summed E-state index contributed by atoms with van der Waals surface area (Å²) < 4.78 is 0. The molecule has 0 amide bonds. The zero-order chi connectivity index (χ0) is 9.10. The predicted octanol–water partition coefficient (Wildman–Crippen LogP) is 2.28. The summed E-state index contributed by atoms with van der Waals surface area (Å²) in [5.74, 6) is 6.06. The number of rotatable bonds is 1. The average Bonchev–Trinajstić information content (AvgIpc) is 2.99. The van der Waals surface area contributed by atoms with Crippen LogP contribution in [0.3, 0.4) is 0 Å². The average molecular weight is 170 g/mol. The molecule has 1 aliphatic rings. The molecule has 0 unspecified atom stereocenters. The quantitative estimate of drug-likeness (QED) is 0.359. The van der Waals surface area contributed by atoms with E-state index in [0.717, 1.165) is 12.8 Å². The number of ketones is 1. The van der Waals surface area contributed by atoms with E-state index in [-0.39, 0.29) is 5.78 Å². The SMILES string of the molecule is O=C(C#CC1CC1)c1ccccc1. The molecule has 1 aromatic carbocycles. The van der Waals surface area contributed by atoms with E-state index < -0.39 is 0 Å². The highest BCUT2D eigenvalue weighted by molar-refractivity contribution is 6.08. The van der Waals surface area contributed by atoms with Crippen LogP contribution in [0.1, 0.15) is 23.2 Å². The molecule has 1 fully saturated rings. The Labute approximate surface area is 77.8 Å². The van der Waals surface area contributed by atoms with Crippen LogP contribution in [0, 0.1) is 17.8 Å². The second-order valence-corrected chi connectivity index (χ2v) is 3.24. The number of hydrogen-bond donors (Lipinski definition) is 0. The standard InChI is InChI=1S/C12H10O/c13-12(9-8-10-6-7-10)11-4-2-1-3-5-11/h1-5,10H,6-7H2. The van der Waals surface area contributed by atoms with Crippen molar-refractivity contribution in [2.75, 3.05) is 0 Å². The van der Waals surface area contributed by atoms with Crippen LogP contribution >= 0.6 is 0 Å². The van der Waals surface area contributed by atoms with Gasteiger partial charge >= 0.3 is 0 Å². The fourth-order valence-electron chi connectivity index (χ4n) is 1.06. The molecule has 0 aliphatic heterocycles. The molecule has 1 nitrogen and oxygen atoms in total. The third-order valence-corrected chi connectivity index (χ3v) is 2.00. The third-order valence-electron chi connectivity index (χ3n) is 2.00. The molecule has 0 atom stereocenters. The number of Topliss-reactive ketones (excluding diaryl/α,β-unsaturated/α-hetero) is 1. The van der Waals surface area contributed by atoms with E-state index >= 15 is 0 Å². The molecule has 1 heteroatoms. The first kappa shape index (κ1) is 8.07. The van der Waals surface area contributed by atoms with Crippen molar-refractivity contribution in [2.45, 2.75) is 12.8 Å². The van der Waals surface area contributed by atoms with E-state index in [1.807, 2.05) is 18.2 Å². The Morgan fingerprint density at radius 1 is 1.23 bits per heavy atom. The largest absolute Gasteiger partial charge is 0.279 e. The van der Waals surface area contributed by atoms with Gasteiger partial charge in [0.05, 0.1) is 0 Å². The highest BCUT2D eigenvalue weighted by Gasteiger charge is 2.18. The van der Waals surface area contributed by atoms with Gasteiger partial charge in [-0.2, -0.15) is 0 Å². The lowest BCUT2D eigenvalue weighted by molar-refractivity contribution is 0.105. The van der Waals surface area contributed by atoms with Gasteiger partial charge < -0.3 is 0 Å². The van der Waals surface area contributed by atoms with Crippen molar-refractivity contribution >= 4 is 5.78 Å². The number of carbonyl (C=O) groups excluding carboxylic acids is 1. The molecule has 0 bridgehead atoms. The molecule has 2 rings (SSSR count). The minimum absolute atomic E-state index is 0.0625. The van der Waals surface area contributed by atoms with E-state index in [4.69, 9.17) is 0 Å². The molecule has 13 heavy (non-hydrogen) atoms. The van der Waals surface area contributed by atoms with Gasteiger partial charge in [0.25, 0.3) is 0 Å². The van der Waals surface area contributed by atoms with Crippen molar-refractivity contribution in [1.82, 2.24) is 0 Å².